The van der Waals surface area contributed by atoms with Crippen LogP contribution >= 0.6 is 0 Å². The molecule has 0 aliphatic carbocycles. The molecule has 0 radical (unpaired) electrons. The Bertz CT molecular complexity index is 931. The predicted octanol–water partition coefficient (Wildman–Crippen LogP) is 2.70. The lowest BCUT2D eigenvalue weighted by molar-refractivity contribution is 0.579. The van der Waals surface area contributed by atoms with Gasteiger partial charge in [0.05, 0.1) is 29.2 Å². The standard InChI is InChI=1S/C17H17N3O2S/c1-2-12-20-17-11-7-6-10-15(17)16(19-20)13-18-23(21,22)14-8-4-3-5-9-14/h2-11,18H,1,12-13H2. The quantitative estimate of drug-likeness (QED) is 0.708. The summed E-state index contributed by atoms with van der Waals surface area (Å²) in [4.78, 5) is 0.245. The maximum absolute atomic E-state index is 12.3. The second-order valence-corrected chi connectivity index (χ2v) is 6.84. The number of aromatic nitrogens is 2. The van der Waals surface area contributed by atoms with Crippen LogP contribution in [0, 0.1) is 0 Å². The summed E-state index contributed by atoms with van der Waals surface area (Å²) >= 11 is 0. The van der Waals surface area contributed by atoms with Gasteiger partial charge in [-0.25, -0.2) is 13.1 Å². The van der Waals surface area contributed by atoms with Crippen molar-refractivity contribution in [2.75, 3.05) is 0 Å². The fourth-order valence-electron chi connectivity index (χ4n) is 2.43. The van der Waals surface area contributed by atoms with Crippen LogP contribution in [0.3, 0.4) is 0 Å². The summed E-state index contributed by atoms with van der Waals surface area (Å²) in [6, 6.07) is 16.1. The number of hydrogen-bond acceptors (Lipinski definition) is 3. The maximum atomic E-state index is 12.3. The summed E-state index contributed by atoms with van der Waals surface area (Å²) in [5, 5.41) is 5.43. The molecule has 1 heterocycles. The maximum Gasteiger partial charge on any atom is 0.240 e. The Hall–Kier alpha value is -2.44. The number of sulfonamides is 1. The van der Waals surface area contributed by atoms with Gasteiger partial charge < -0.3 is 0 Å². The molecule has 1 N–H and O–H groups in total. The first kappa shape index (κ1) is 15.5. The van der Waals surface area contributed by atoms with Crippen LogP contribution in [-0.2, 0) is 23.1 Å². The Kier molecular flexibility index (Phi) is 4.27. The lowest BCUT2D eigenvalue weighted by atomic mass is 10.2. The number of rotatable bonds is 6. The summed E-state index contributed by atoms with van der Waals surface area (Å²) in [5.41, 5.74) is 1.66. The number of hydrogen-bond donors (Lipinski definition) is 1. The van der Waals surface area contributed by atoms with Crippen molar-refractivity contribution in [3.05, 3.63) is 72.9 Å². The van der Waals surface area contributed by atoms with Gasteiger partial charge in [0.1, 0.15) is 0 Å². The van der Waals surface area contributed by atoms with Crippen molar-refractivity contribution >= 4 is 20.9 Å². The molecule has 0 saturated carbocycles. The van der Waals surface area contributed by atoms with Crippen molar-refractivity contribution in [2.45, 2.75) is 18.0 Å². The molecule has 5 nitrogen and oxygen atoms in total. The molecule has 6 heteroatoms. The monoisotopic (exact) mass is 327 g/mol. The second-order valence-electron chi connectivity index (χ2n) is 5.07. The van der Waals surface area contributed by atoms with Gasteiger partial charge in [-0.3, -0.25) is 4.68 Å². The minimum atomic E-state index is -3.55. The number of nitrogens with one attached hydrogen (secondary N) is 1. The van der Waals surface area contributed by atoms with Gasteiger partial charge in [0, 0.05) is 5.39 Å². The first-order chi connectivity index (χ1) is 11.1. The zero-order valence-corrected chi connectivity index (χ0v) is 13.3. The van der Waals surface area contributed by atoms with Gasteiger partial charge in [0.2, 0.25) is 10.0 Å². The number of allylic oxidation sites excluding steroid dienone is 1. The van der Waals surface area contributed by atoms with E-state index >= 15 is 0 Å². The molecule has 0 atom stereocenters. The highest BCUT2D eigenvalue weighted by molar-refractivity contribution is 7.89. The van der Waals surface area contributed by atoms with E-state index in [1.807, 2.05) is 28.9 Å². The van der Waals surface area contributed by atoms with Gasteiger partial charge >= 0.3 is 0 Å². The van der Waals surface area contributed by atoms with Gasteiger partial charge in [0.15, 0.2) is 0 Å². The summed E-state index contributed by atoms with van der Waals surface area (Å²) < 4.78 is 29.0. The first-order valence-electron chi connectivity index (χ1n) is 7.22. The highest BCUT2D eigenvalue weighted by Gasteiger charge is 2.16. The van der Waals surface area contributed by atoms with E-state index in [-0.39, 0.29) is 11.4 Å². The smallest absolute Gasteiger partial charge is 0.240 e. The SMILES string of the molecule is C=CCn1nc(CNS(=O)(=O)c2ccccc2)c2ccccc21. The van der Waals surface area contributed by atoms with Crippen molar-refractivity contribution in [2.24, 2.45) is 0 Å². The van der Waals surface area contributed by atoms with Crippen LogP contribution in [0.25, 0.3) is 10.9 Å². The van der Waals surface area contributed by atoms with Gasteiger partial charge in [-0.1, -0.05) is 42.5 Å². The minimum Gasteiger partial charge on any atom is -0.261 e. The van der Waals surface area contributed by atoms with E-state index < -0.39 is 10.0 Å². The molecule has 0 bridgehead atoms. The largest absolute Gasteiger partial charge is 0.261 e. The number of nitrogens with zero attached hydrogens (tertiary/aromatic N) is 2. The Labute approximate surface area is 135 Å². The third-order valence-corrected chi connectivity index (χ3v) is 4.94. The lowest BCUT2D eigenvalue weighted by Crippen LogP contribution is -2.23. The number of fused-ring (bicyclic) bond motifs is 1. The predicted molar refractivity (Wildman–Crippen MR) is 90.4 cm³/mol. The molecule has 3 rings (SSSR count). The van der Waals surface area contributed by atoms with Crippen LogP contribution in [0.4, 0.5) is 0 Å². The van der Waals surface area contributed by atoms with E-state index in [2.05, 4.69) is 16.4 Å². The van der Waals surface area contributed by atoms with E-state index in [0.29, 0.717) is 12.2 Å². The molecule has 2 aromatic carbocycles. The third kappa shape index (κ3) is 3.18. The zero-order chi connectivity index (χ0) is 16.3. The molecule has 1 aromatic heterocycles. The molecular weight excluding hydrogens is 310 g/mol. The molecule has 0 fully saturated rings. The molecule has 0 saturated heterocycles. The van der Waals surface area contributed by atoms with Crippen molar-refractivity contribution in [1.29, 1.82) is 0 Å². The van der Waals surface area contributed by atoms with Gasteiger partial charge in [0.25, 0.3) is 0 Å². The minimum absolute atomic E-state index is 0.141. The van der Waals surface area contributed by atoms with Crippen LogP contribution in [0.1, 0.15) is 5.69 Å². The van der Waals surface area contributed by atoms with Gasteiger partial charge in [-0.15, -0.1) is 6.58 Å². The van der Waals surface area contributed by atoms with E-state index in [1.165, 1.54) is 0 Å². The van der Waals surface area contributed by atoms with Crippen LogP contribution in [-0.4, -0.2) is 18.2 Å². The molecule has 3 aromatic rings. The van der Waals surface area contributed by atoms with Crippen molar-refractivity contribution in [3.63, 3.8) is 0 Å². The fourth-order valence-corrected chi connectivity index (χ4v) is 3.44. The molecule has 0 amide bonds. The Morgan fingerprint density at radius 1 is 1.09 bits per heavy atom. The topological polar surface area (TPSA) is 64.0 Å². The molecule has 0 aliphatic heterocycles. The first-order valence-corrected chi connectivity index (χ1v) is 8.70. The molecule has 23 heavy (non-hydrogen) atoms. The van der Waals surface area contributed by atoms with Crippen LogP contribution in [0.5, 0.6) is 0 Å². The average Bonchev–Trinajstić information content (AvgIpc) is 2.93. The van der Waals surface area contributed by atoms with E-state index in [4.69, 9.17) is 0 Å². The fraction of sp³-hybridized carbons (Fsp3) is 0.118. The summed E-state index contributed by atoms with van der Waals surface area (Å²) in [5.74, 6) is 0. The normalized spacial score (nSPS) is 11.7. The Morgan fingerprint density at radius 2 is 1.78 bits per heavy atom. The Balaban J connectivity index is 1.89. The molecule has 0 aliphatic rings. The Morgan fingerprint density at radius 3 is 2.52 bits per heavy atom. The zero-order valence-electron chi connectivity index (χ0n) is 12.5. The summed E-state index contributed by atoms with van der Waals surface area (Å²) in [6.07, 6.45) is 1.76. The average molecular weight is 327 g/mol. The van der Waals surface area contributed by atoms with E-state index in [1.54, 1.807) is 36.4 Å². The van der Waals surface area contributed by atoms with Crippen molar-refractivity contribution < 1.29 is 8.42 Å². The second kappa shape index (κ2) is 6.36. The van der Waals surface area contributed by atoms with E-state index in [0.717, 1.165) is 10.9 Å². The molecule has 118 valence electrons. The number of para-hydroxylation sites is 1. The number of benzene rings is 2. The third-order valence-electron chi connectivity index (χ3n) is 3.52. The van der Waals surface area contributed by atoms with Crippen molar-refractivity contribution in [1.82, 2.24) is 14.5 Å². The summed E-state index contributed by atoms with van der Waals surface area (Å²) in [6.45, 7) is 4.44. The van der Waals surface area contributed by atoms with Crippen LogP contribution in [0.15, 0.2) is 72.1 Å². The summed E-state index contributed by atoms with van der Waals surface area (Å²) in [7, 11) is -3.55. The van der Waals surface area contributed by atoms with Crippen LogP contribution < -0.4 is 4.72 Å². The van der Waals surface area contributed by atoms with Gasteiger partial charge in [-0.2, -0.15) is 5.10 Å². The highest BCUT2D eigenvalue weighted by Crippen LogP contribution is 2.19. The molecule has 0 unspecified atom stereocenters. The lowest BCUT2D eigenvalue weighted by Gasteiger charge is -2.05. The van der Waals surface area contributed by atoms with Crippen LogP contribution in [0.2, 0.25) is 0 Å². The van der Waals surface area contributed by atoms with Gasteiger partial charge in [-0.05, 0) is 18.2 Å². The van der Waals surface area contributed by atoms with E-state index in [9.17, 15) is 8.42 Å². The highest BCUT2D eigenvalue weighted by atomic mass is 32.2. The molecule has 0 spiro atoms. The molecular formula is C17H17N3O2S. The van der Waals surface area contributed by atoms with Crippen molar-refractivity contribution in [3.8, 4) is 0 Å².